The first-order valence-corrected chi connectivity index (χ1v) is 5.32. The number of anilines is 1. The lowest BCUT2D eigenvalue weighted by molar-refractivity contribution is 0.370. The van der Waals surface area contributed by atoms with Crippen LogP contribution in [0.2, 0.25) is 0 Å². The second-order valence-electron chi connectivity index (χ2n) is 5.10. The van der Waals surface area contributed by atoms with Crippen LogP contribution in [0.1, 0.15) is 27.2 Å². The molecule has 0 aromatic heterocycles. The Morgan fingerprint density at radius 2 is 1.88 bits per heavy atom. The van der Waals surface area contributed by atoms with Crippen molar-refractivity contribution in [2.75, 3.05) is 5.32 Å². The molecule has 1 aromatic rings. The Morgan fingerprint density at radius 1 is 1.31 bits per heavy atom. The summed E-state index contributed by atoms with van der Waals surface area (Å²) in [6, 6.07) is 8.02. The zero-order valence-electron chi connectivity index (χ0n) is 9.92. The highest BCUT2D eigenvalue weighted by atomic mass is 19.1. The van der Waals surface area contributed by atoms with Gasteiger partial charge in [-0.05, 0) is 36.1 Å². The number of rotatable bonds is 3. The summed E-state index contributed by atoms with van der Waals surface area (Å²) in [7, 11) is 0. The van der Waals surface area contributed by atoms with Crippen LogP contribution in [0.5, 0.6) is 0 Å². The van der Waals surface area contributed by atoms with Gasteiger partial charge in [0.05, 0.1) is 6.07 Å². The van der Waals surface area contributed by atoms with Gasteiger partial charge in [-0.2, -0.15) is 5.26 Å². The van der Waals surface area contributed by atoms with E-state index < -0.39 is 0 Å². The summed E-state index contributed by atoms with van der Waals surface area (Å²) in [5.41, 5.74) is 0.866. The fourth-order valence-corrected chi connectivity index (χ4v) is 1.49. The Kier molecular flexibility index (Phi) is 3.89. The van der Waals surface area contributed by atoms with Crippen LogP contribution in [0.25, 0.3) is 0 Å². The Labute approximate surface area is 96.1 Å². The van der Waals surface area contributed by atoms with Crippen LogP contribution in [-0.2, 0) is 0 Å². The molecule has 0 fully saturated rings. The number of nitrogens with zero attached hydrogens (tertiary/aromatic N) is 1. The van der Waals surface area contributed by atoms with Gasteiger partial charge >= 0.3 is 0 Å². The lowest BCUT2D eigenvalue weighted by atomic mass is 9.88. The first-order valence-electron chi connectivity index (χ1n) is 5.32. The smallest absolute Gasteiger partial charge is 0.123 e. The van der Waals surface area contributed by atoms with Crippen molar-refractivity contribution in [3.8, 4) is 6.07 Å². The van der Waals surface area contributed by atoms with Gasteiger partial charge in [-0.3, -0.25) is 0 Å². The molecule has 1 rings (SSSR count). The topological polar surface area (TPSA) is 35.8 Å². The fourth-order valence-electron chi connectivity index (χ4n) is 1.49. The van der Waals surface area contributed by atoms with Crippen LogP contribution >= 0.6 is 0 Å². The molecule has 0 saturated carbocycles. The molecule has 86 valence electrons. The number of hydrogen-bond acceptors (Lipinski definition) is 2. The molecule has 1 atom stereocenters. The van der Waals surface area contributed by atoms with Crippen molar-refractivity contribution in [3.63, 3.8) is 0 Å². The first-order chi connectivity index (χ1) is 7.40. The fraction of sp³-hybridized carbons (Fsp3) is 0.462. The van der Waals surface area contributed by atoms with Gasteiger partial charge < -0.3 is 5.32 Å². The van der Waals surface area contributed by atoms with E-state index in [0.29, 0.717) is 0 Å². The molecule has 0 bridgehead atoms. The first kappa shape index (κ1) is 12.5. The van der Waals surface area contributed by atoms with Crippen molar-refractivity contribution in [1.29, 1.82) is 5.26 Å². The molecule has 1 aromatic carbocycles. The summed E-state index contributed by atoms with van der Waals surface area (Å²) in [6.07, 6.45) is 0.751. The molecule has 0 aliphatic rings. The maximum Gasteiger partial charge on any atom is 0.123 e. The van der Waals surface area contributed by atoms with E-state index in [0.717, 1.165) is 12.1 Å². The summed E-state index contributed by atoms with van der Waals surface area (Å²) in [4.78, 5) is 0. The van der Waals surface area contributed by atoms with E-state index >= 15 is 0 Å². The average molecular weight is 220 g/mol. The predicted octanol–water partition coefficient (Wildman–Crippen LogP) is 3.57. The minimum Gasteiger partial charge on any atom is -0.370 e. The zero-order chi connectivity index (χ0) is 12.2. The van der Waals surface area contributed by atoms with E-state index in [9.17, 15) is 4.39 Å². The van der Waals surface area contributed by atoms with Crippen LogP contribution in [0.15, 0.2) is 24.3 Å². The number of benzene rings is 1. The summed E-state index contributed by atoms with van der Waals surface area (Å²) >= 11 is 0. The van der Waals surface area contributed by atoms with Gasteiger partial charge in [0.2, 0.25) is 0 Å². The highest BCUT2D eigenvalue weighted by molar-refractivity contribution is 5.45. The third-order valence-electron chi connectivity index (χ3n) is 2.16. The van der Waals surface area contributed by atoms with E-state index in [2.05, 4.69) is 32.2 Å². The van der Waals surface area contributed by atoms with Crippen LogP contribution in [0, 0.1) is 22.6 Å². The van der Waals surface area contributed by atoms with E-state index in [1.165, 1.54) is 12.1 Å². The van der Waals surface area contributed by atoms with Crippen LogP contribution in [-0.4, -0.2) is 6.04 Å². The third-order valence-corrected chi connectivity index (χ3v) is 2.16. The lowest BCUT2D eigenvalue weighted by Crippen LogP contribution is -2.24. The van der Waals surface area contributed by atoms with Gasteiger partial charge in [-0.15, -0.1) is 0 Å². The second-order valence-corrected chi connectivity index (χ2v) is 5.10. The average Bonchev–Trinajstić information content (AvgIpc) is 2.18. The number of nitrogens with one attached hydrogen (secondary N) is 1. The number of nitriles is 1. The van der Waals surface area contributed by atoms with Crippen molar-refractivity contribution in [1.82, 2.24) is 0 Å². The highest BCUT2D eigenvalue weighted by Gasteiger charge is 2.18. The van der Waals surface area contributed by atoms with Crippen LogP contribution in [0.3, 0.4) is 0 Å². The molecule has 3 heteroatoms. The molecule has 2 nitrogen and oxygen atoms in total. The monoisotopic (exact) mass is 220 g/mol. The van der Waals surface area contributed by atoms with Gasteiger partial charge in [0.1, 0.15) is 11.9 Å². The number of hydrogen-bond donors (Lipinski definition) is 1. The summed E-state index contributed by atoms with van der Waals surface area (Å²) in [6.45, 7) is 6.26. The molecule has 0 radical (unpaired) electrons. The quantitative estimate of drug-likeness (QED) is 0.845. The maximum absolute atomic E-state index is 12.7. The predicted molar refractivity (Wildman–Crippen MR) is 63.5 cm³/mol. The minimum atomic E-state index is -0.269. The largest absolute Gasteiger partial charge is 0.370 e. The molecular formula is C13H17FN2. The second kappa shape index (κ2) is 4.98. The molecule has 1 N–H and O–H groups in total. The van der Waals surface area contributed by atoms with Gasteiger partial charge in [0, 0.05) is 5.69 Å². The Morgan fingerprint density at radius 3 is 2.31 bits per heavy atom. The molecule has 0 spiro atoms. The minimum absolute atomic E-state index is 0.0907. The van der Waals surface area contributed by atoms with E-state index in [1.807, 2.05) is 0 Å². The molecule has 0 aliphatic heterocycles. The zero-order valence-corrected chi connectivity index (χ0v) is 9.92. The normalized spacial score (nSPS) is 12.9. The maximum atomic E-state index is 12.7. The summed E-state index contributed by atoms with van der Waals surface area (Å²) < 4.78 is 12.7. The van der Waals surface area contributed by atoms with Gasteiger partial charge in [0.25, 0.3) is 0 Å². The third kappa shape index (κ3) is 4.31. The van der Waals surface area contributed by atoms with E-state index in [1.54, 1.807) is 12.1 Å². The molecule has 0 amide bonds. The van der Waals surface area contributed by atoms with Crippen molar-refractivity contribution >= 4 is 5.69 Å². The van der Waals surface area contributed by atoms with Crippen LogP contribution < -0.4 is 5.32 Å². The Balaban J connectivity index is 2.64. The highest BCUT2D eigenvalue weighted by Crippen LogP contribution is 2.22. The Hall–Kier alpha value is -1.56. The van der Waals surface area contributed by atoms with Crippen molar-refractivity contribution in [2.24, 2.45) is 5.41 Å². The summed E-state index contributed by atoms with van der Waals surface area (Å²) in [5, 5.41) is 12.1. The molecule has 0 heterocycles. The van der Waals surface area contributed by atoms with E-state index in [-0.39, 0.29) is 17.3 Å². The van der Waals surface area contributed by atoms with Crippen molar-refractivity contribution in [3.05, 3.63) is 30.1 Å². The standard InChI is InChI=1S/C13H17FN2/c1-13(2,3)8-12(9-15)16-11-6-4-10(14)5-7-11/h4-7,12,16H,8H2,1-3H3. The molecular weight excluding hydrogens is 203 g/mol. The van der Waals surface area contributed by atoms with E-state index in [4.69, 9.17) is 5.26 Å². The van der Waals surface area contributed by atoms with Gasteiger partial charge in [0.15, 0.2) is 0 Å². The summed E-state index contributed by atoms with van der Waals surface area (Å²) in [5.74, 6) is -0.269. The van der Waals surface area contributed by atoms with Gasteiger partial charge in [-0.1, -0.05) is 20.8 Å². The van der Waals surface area contributed by atoms with Crippen molar-refractivity contribution < 1.29 is 4.39 Å². The molecule has 1 unspecified atom stereocenters. The molecule has 16 heavy (non-hydrogen) atoms. The number of halogens is 1. The van der Waals surface area contributed by atoms with Gasteiger partial charge in [-0.25, -0.2) is 4.39 Å². The molecule has 0 saturated heterocycles. The Bertz CT molecular complexity index is 370. The van der Waals surface area contributed by atoms with Crippen molar-refractivity contribution in [2.45, 2.75) is 33.2 Å². The van der Waals surface area contributed by atoms with Crippen LogP contribution in [0.4, 0.5) is 10.1 Å². The lowest BCUT2D eigenvalue weighted by Gasteiger charge is -2.22. The SMILES string of the molecule is CC(C)(C)CC(C#N)Nc1ccc(F)cc1. The molecule has 0 aliphatic carbocycles.